The van der Waals surface area contributed by atoms with E-state index < -0.39 is 35.8 Å². The Bertz CT molecular complexity index is 1460. The predicted octanol–water partition coefficient (Wildman–Crippen LogP) is 2.63. The number of amides is 3. The number of hydrogen-bond donors (Lipinski definition) is 5. The number of rotatable bonds is 6. The molecule has 5 atom stereocenters. The number of aromatic nitrogens is 2. The predicted molar refractivity (Wildman–Crippen MR) is 174 cm³/mol. The number of nitrogens with one attached hydrogen (secondary N) is 5. The van der Waals surface area contributed by atoms with Crippen LogP contribution in [0.2, 0.25) is 0 Å². The Morgan fingerprint density at radius 2 is 1.70 bits per heavy atom. The van der Waals surface area contributed by atoms with Crippen LogP contribution in [-0.2, 0) is 27.2 Å². The SMILES string of the molecule is CC(C)[C@H]1NC(=O)[C@@H](Cc2cccc(F)c2)N[C@@H](C)COc2ccccc2C[C@H](C)CNC(=O)[C@H](CNc2ncccn2)NC1=O. The number of anilines is 1. The molecule has 0 radical (unpaired) electrons. The van der Waals surface area contributed by atoms with Gasteiger partial charge in [0.15, 0.2) is 0 Å². The molecule has 4 rings (SSSR count). The number of nitrogens with zero attached hydrogens (tertiary/aromatic N) is 2. The monoisotopic (exact) mass is 633 g/mol. The molecule has 1 aromatic heterocycles. The Kier molecular flexibility index (Phi) is 12.4. The molecule has 2 heterocycles. The van der Waals surface area contributed by atoms with Crippen LogP contribution < -0.4 is 31.3 Å². The molecule has 3 aromatic rings. The lowest BCUT2D eigenvalue weighted by molar-refractivity contribution is -0.133. The maximum atomic E-state index is 14.1. The number of ether oxygens (including phenoxy) is 1. The normalized spacial score (nSPS) is 23.5. The first kappa shape index (κ1) is 34.3. The van der Waals surface area contributed by atoms with Crippen molar-refractivity contribution >= 4 is 23.7 Å². The Labute approximate surface area is 269 Å². The second-order valence-electron chi connectivity index (χ2n) is 12.2. The molecule has 12 heteroatoms. The molecular weight excluding hydrogens is 589 g/mol. The van der Waals surface area contributed by atoms with Gasteiger partial charge in [-0.25, -0.2) is 14.4 Å². The third-order valence-electron chi connectivity index (χ3n) is 7.70. The summed E-state index contributed by atoms with van der Waals surface area (Å²) in [6.07, 6.45) is 3.97. The van der Waals surface area contributed by atoms with Crippen LogP contribution in [0.5, 0.6) is 5.75 Å². The maximum absolute atomic E-state index is 14.1. The minimum Gasteiger partial charge on any atom is -0.492 e. The first-order chi connectivity index (χ1) is 22.1. The number of carbonyl (C=O) groups excluding carboxylic acids is 3. The molecule has 246 valence electrons. The fourth-order valence-corrected chi connectivity index (χ4v) is 5.24. The summed E-state index contributed by atoms with van der Waals surface area (Å²) in [6.45, 7) is 8.22. The largest absolute Gasteiger partial charge is 0.492 e. The van der Waals surface area contributed by atoms with E-state index in [1.54, 1.807) is 30.6 Å². The highest BCUT2D eigenvalue weighted by atomic mass is 19.1. The molecule has 46 heavy (non-hydrogen) atoms. The Morgan fingerprint density at radius 1 is 0.935 bits per heavy atom. The fourth-order valence-electron chi connectivity index (χ4n) is 5.24. The van der Waals surface area contributed by atoms with Crippen molar-refractivity contribution < 1.29 is 23.5 Å². The number of fused-ring (bicyclic) bond motifs is 1. The van der Waals surface area contributed by atoms with Gasteiger partial charge in [-0.15, -0.1) is 0 Å². The standard InChI is InChI=1S/C34H44FN7O4/c1-21(2)30-33(45)41-28(19-39-34-36-13-8-14-37-34)31(43)38-18-22(3)15-25-10-5-6-12-29(25)46-20-23(4)40-27(32(44)42-30)17-24-9-7-11-26(35)16-24/h5-14,16,21-23,27-28,30,40H,15,17-20H2,1-4H3,(H,38,43)(H,41,45)(H,42,44)(H,36,37,39)/t22-,23-,27+,28-,30+/m0/s1. The molecule has 0 aliphatic carbocycles. The molecule has 11 nitrogen and oxygen atoms in total. The highest BCUT2D eigenvalue weighted by molar-refractivity contribution is 5.93. The molecular formula is C34H44FN7O4. The number of hydrogen-bond acceptors (Lipinski definition) is 8. The highest BCUT2D eigenvalue weighted by Crippen LogP contribution is 2.22. The van der Waals surface area contributed by atoms with E-state index in [9.17, 15) is 18.8 Å². The van der Waals surface area contributed by atoms with Crippen molar-refractivity contribution in [1.82, 2.24) is 31.2 Å². The van der Waals surface area contributed by atoms with Crippen molar-refractivity contribution in [2.75, 3.05) is 25.0 Å². The zero-order chi connectivity index (χ0) is 33.1. The Morgan fingerprint density at radius 3 is 2.43 bits per heavy atom. The van der Waals surface area contributed by atoms with Gasteiger partial charge in [-0.05, 0) is 67.0 Å². The lowest BCUT2D eigenvalue weighted by Crippen LogP contribution is -2.60. The van der Waals surface area contributed by atoms with Crippen molar-refractivity contribution in [2.24, 2.45) is 11.8 Å². The van der Waals surface area contributed by atoms with E-state index >= 15 is 0 Å². The van der Waals surface area contributed by atoms with Gasteiger partial charge in [0.05, 0.1) is 6.04 Å². The minimum absolute atomic E-state index is 0.0205. The fraction of sp³-hybridized carbons (Fsp3) is 0.441. The highest BCUT2D eigenvalue weighted by Gasteiger charge is 2.32. The van der Waals surface area contributed by atoms with E-state index in [4.69, 9.17) is 4.74 Å². The molecule has 5 N–H and O–H groups in total. The van der Waals surface area contributed by atoms with E-state index in [1.807, 2.05) is 52.0 Å². The van der Waals surface area contributed by atoms with Gasteiger partial charge in [-0.3, -0.25) is 19.7 Å². The van der Waals surface area contributed by atoms with Gasteiger partial charge in [0.25, 0.3) is 0 Å². The molecule has 1 aliphatic heterocycles. The van der Waals surface area contributed by atoms with Crippen molar-refractivity contribution in [3.8, 4) is 5.75 Å². The van der Waals surface area contributed by atoms with Crippen LogP contribution in [0.15, 0.2) is 67.0 Å². The van der Waals surface area contributed by atoms with Crippen molar-refractivity contribution in [3.05, 3.63) is 83.9 Å². The topological polar surface area (TPSA) is 146 Å². The molecule has 0 bridgehead atoms. The van der Waals surface area contributed by atoms with Gasteiger partial charge in [-0.2, -0.15) is 0 Å². The van der Waals surface area contributed by atoms with E-state index in [0.29, 0.717) is 24.5 Å². The summed E-state index contributed by atoms with van der Waals surface area (Å²) in [4.78, 5) is 49.2. The Balaban J connectivity index is 1.63. The van der Waals surface area contributed by atoms with Crippen LogP contribution in [0, 0.1) is 17.7 Å². The maximum Gasteiger partial charge on any atom is 0.244 e. The summed E-state index contributed by atoms with van der Waals surface area (Å²) in [6, 6.07) is 12.5. The van der Waals surface area contributed by atoms with Crippen LogP contribution in [0.25, 0.3) is 0 Å². The van der Waals surface area contributed by atoms with Gasteiger partial charge < -0.3 is 26.0 Å². The van der Waals surface area contributed by atoms with Crippen molar-refractivity contribution in [2.45, 2.75) is 64.7 Å². The summed E-state index contributed by atoms with van der Waals surface area (Å²) in [7, 11) is 0. The summed E-state index contributed by atoms with van der Waals surface area (Å²) in [5.74, 6) is -0.956. The van der Waals surface area contributed by atoms with Gasteiger partial charge in [-0.1, -0.05) is 51.1 Å². The second kappa shape index (κ2) is 16.6. The van der Waals surface area contributed by atoms with Gasteiger partial charge in [0.2, 0.25) is 23.7 Å². The minimum atomic E-state index is -0.989. The second-order valence-corrected chi connectivity index (χ2v) is 12.2. The molecule has 0 unspecified atom stereocenters. The van der Waals surface area contributed by atoms with Crippen molar-refractivity contribution in [1.29, 1.82) is 0 Å². The number of carbonyl (C=O) groups is 3. The number of halogens is 1. The van der Waals surface area contributed by atoms with E-state index in [1.165, 1.54) is 12.1 Å². The molecule has 0 spiro atoms. The van der Waals surface area contributed by atoms with Crippen LogP contribution in [0.1, 0.15) is 38.8 Å². The lowest BCUT2D eigenvalue weighted by atomic mass is 9.99. The molecule has 0 fully saturated rings. The lowest BCUT2D eigenvalue weighted by Gasteiger charge is -2.29. The molecule has 0 saturated carbocycles. The number of para-hydroxylation sites is 1. The summed E-state index contributed by atoms with van der Waals surface area (Å²) < 4.78 is 20.3. The Hall–Kier alpha value is -4.58. The summed E-state index contributed by atoms with van der Waals surface area (Å²) in [5.41, 5.74) is 1.61. The molecule has 1 aliphatic rings. The quantitative estimate of drug-likeness (QED) is 0.279. The number of benzene rings is 2. The first-order valence-electron chi connectivity index (χ1n) is 15.7. The van der Waals surface area contributed by atoms with Crippen molar-refractivity contribution in [3.63, 3.8) is 0 Å². The van der Waals surface area contributed by atoms with Crippen LogP contribution in [0.4, 0.5) is 10.3 Å². The van der Waals surface area contributed by atoms with E-state index in [2.05, 4.69) is 36.6 Å². The smallest absolute Gasteiger partial charge is 0.244 e. The van der Waals surface area contributed by atoms with E-state index in [0.717, 1.165) is 11.3 Å². The molecule has 2 aromatic carbocycles. The van der Waals surface area contributed by atoms with Crippen LogP contribution >= 0.6 is 0 Å². The summed E-state index contributed by atoms with van der Waals surface area (Å²) >= 11 is 0. The summed E-state index contributed by atoms with van der Waals surface area (Å²) in [5, 5.41) is 15.0. The van der Waals surface area contributed by atoms with Gasteiger partial charge in [0, 0.05) is 31.5 Å². The molecule has 3 amide bonds. The zero-order valence-corrected chi connectivity index (χ0v) is 26.8. The van der Waals surface area contributed by atoms with E-state index in [-0.39, 0.29) is 43.4 Å². The van der Waals surface area contributed by atoms with Gasteiger partial charge >= 0.3 is 0 Å². The van der Waals surface area contributed by atoms with Gasteiger partial charge in [0.1, 0.15) is 30.3 Å². The van der Waals surface area contributed by atoms with Crippen LogP contribution in [0.3, 0.4) is 0 Å². The molecule has 0 saturated heterocycles. The zero-order valence-electron chi connectivity index (χ0n) is 26.8. The van der Waals surface area contributed by atoms with Crippen LogP contribution in [-0.4, -0.2) is 71.6 Å². The average Bonchev–Trinajstić information content (AvgIpc) is 3.03. The average molecular weight is 634 g/mol. The first-order valence-corrected chi connectivity index (χ1v) is 15.7. The third kappa shape index (κ3) is 10.2. The third-order valence-corrected chi connectivity index (χ3v) is 7.70.